The van der Waals surface area contributed by atoms with Gasteiger partial charge in [-0.3, -0.25) is 4.72 Å². The fourth-order valence-corrected chi connectivity index (χ4v) is 3.96. The van der Waals surface area contributed by atoms with E-state index in [0.717, 1.165) is 0 Å². The third kappa shape index (κ3) is 6.69. The first-order chi connectivity index (χ1) is 16.3. The van der Waals surface area contributed by atoms with Crippen molar-refractivity contribution in [3.63, 3.8) is 0 Å². The molecule has 0 atom stereocenters. The van der Waals surface area contributed by atoms with Gasteiger partial charge in [0.25, 0.3) is 10.0 Å². The topological polar surface area (TPSA) is 108 Å². The molecule has 3 aromatic carbocycles. The Morgan fingerprint density at radius 1 is 0.941 bits per heavy atom. The molecule has 0 aliphatic carbocycles. The Morgan fingerprint density at radius 3 is 2.29 bits per heavy atom. The third-order valence-corrected chi connectivity index (χ3v) is 6.07. The second-order valence-electron chi connectivity index (χ2n) is 7.04. The number of anilines is 1. The van der Waals surface area contributed by atoms with Crippen molar-refractivity contribution in [2.75, 3.05) is 18.9 Å². The largest absolute Gasteiger partial charge is 0.497 e. The summed E-state index contributed by atoms with van der Waals surface area (Å²) < 4.78 is 42.6. The lowest BCUT2D eigenvalue weighted by molar-refractivity contribution is -0.138. The van der Waals surface area contributed by atoms with Gasteiger partial charge in [-0.1, -0.05) is 24.3 Å². The van der Waals surface area contributed by atoms with Crippen LogP contribution in [-0.4, -0.2) is 34.6 Å². The van der Waals surface area contributed by atoms with E-state index in [4.69, 9.17) is 9.47 Å². The molecule has 0 unspecified atom stereocenters. The molecule has 0 saturated heterocycles. The van der Waals surface area contributed by atoms with Gasteiger partial charge < -0.3 is 14.2 Å². The molecule has 0 radical (unpaired) electrons. The molecule has 176 valence electrons. The van der Waals surface area contributed by atoms with Crippen LogP contribution in [-0.2, 0) is 30.9 Å². The Morgan fingerprint density at radius 2 is 1.65 bits per heavy atom. The maximum absolute atomic E-state index is 12.6. The summed E-state index contributed by atoms with van der Waals surface area (Å²) >= 11 is 0. The minimum atomic E-state index is -3.77. The van der Waals surface area contributed by atoms with Crippen LogP contribution in [0.3, 0.4) is 0 Å². The van der Waals surface area contributed by atoms with Crippen molar-refractivity contribution in [3.8, 4) is 5.75 Å². The van der Waals surface area contributed by atoms with Crippen LogP contribution in [0.2, 0.25) is 0 Å². The summed E-state index contributed by atoms with van der Waals surface area (Å²) in [5.74, 6) is -0.439. The molecule has 0 saturated carbocycles. The van der Waals surface area contributed by atoms with Crippen LogP contribution in [0.4, 0.5) is 5.69 Å². The van der Waals surface area contributed by atoms with E-state index in [1.807, 2.05) is 0 Å². The third-order valence-electron chi connectivity index (χ3n) is 4.67. The molecule has 3 aromatic rings. The lowest BCUT2D eigenvalue weighted by Crippen LogP contribution is -2.12. The van der Waals surface area contributed by atoms with Crippen LogP contribution in [0.25, 0.3) is 6.08 Å². The van der Waals surface area contributed by atoms with E-state index in [2.05, 4.69) is 9.46 Å². The maximum atomic E-state index is 12.6. The number of methoxy groups -OCH3 is 2. The van der Waals surface area contributed by atoms with E-state index in [1.165, 1.54) is 38.5 Å². The molecule has 0 aliphatic rings. The van der Waals surface area contributed by atoms with Gasteiger partial charge in [0.2, 0.25) is 0 Å². The minimum Gasteiger partial charge on any atom is -0.497 e. The van der Waals surface area contributed by atoms with Crippen LogP contribution >= 0.6 is 0 Å². The van der Waals surface area contributed by atoms with Gasteiger partial charge in [-0.05, 0) is 65.7 Å². The first kappa shape index (κ1) is 24.5. The highest BCUT2D eigenvalue weighted by atomic mass is 32.2. The normalized spacial score (nSPS) is 11.1. The molecule has 1 N–H and O–H groups in total. The summed E-state index contributed by atoms with van der Waals surface area (Å²) in [6.07, 6.45) is 2.75. The summed E-state index contributed by atoms with van der Waals surface area (Å²) in [7, 11) is -0.952. The predicted octanol–water partition coefficient (Wildman–Crippen LogP) is 4.04. The standard InChI is InChI=1S/C25H23NO7S/c1-31-22-11-9-21(10-12-22)26-34(29,30)23-13-6-18(7-14-23)8-15-24(27)33-17-19-4-3-5-20(16-19)25(28)32-2/h3-16,26H,17H2,1-2H3/b15-8+. The lowest BCUT2D eigenvalue weighted by atomic mass is 10.1. The number of hydrogen-bond donors (Lipinski definition) is 1. The molecule has 0 heterocycles. The molecule has 0 amide bonds. The molecule has 9 heteroatoms. The first-order valence-corrected chi connectivity index (χ1v) is 11.6. The van der Waals surface area contributed by atoms with Gasteiger partial charge >= 0.3 is 11.9 Å². The van der Waals surface area contributed by atoms with Gasteiger partial charge in [0.15, 0.2) is 0 Å². The maximum Gasteiger partial charge on any atom is 0.337 e. The fourth-order valence-electron chi connectivity index (χ4n) is 2.90. The summed E-state index contributed by atoms with van der Waals surface area (Å²) in [5.41, 5.74) is 2.03. The SMILES string of the molecule is COC(=O)c1cccc(COC(=O)/C=C/c2ccc(S(=O)(=O)Nc3ccc(OC)cc3)cc2)c1. The van der Waals surface area contributed by atoms with E-state index in [-0.39, 0.29) is 11.5 Å². The quantitative estimate of drug-likeness (QED) is 0.363. The monoisotopic (exact) mass is 481 g/mol. The van der Waals surface area contributed by atoms with Crippen molar-refractivity contribution in [2.45, 2.75) is 11.5 Å². The molecule has 0 aliphatic heterocycles. The minimum absolute atomic E-state index is 0.0117. The van der Waals surface area contributed by atoms with Gasteiger partial charge in [-0.25, -0.2) is 18.0 Å². The second kappa shape index (κ2) is 11.2. The summed E-state index contributed by atoms with van der Waals surface area (Å²) in [5, 5.41) is 0. The summed E-state index contributed by atoms with van der Waals surface area (Å²) in [4.78, 5) is 23.7. The fraction of sp³-hybridized carbons (Fsp3) is 0.120. The number of benzene rings is 3. The smallest absolute Gasteiger partial charge is 0.337 e. The van der Waals surface area contributed by atoms with Crippen molar-refractivity contribution in [2.24, 2.45) is 0 Å². The molecule has 34 heavy (non-hydrogen) atoms. The number of hydrogen-bond acceptors (Lipinski definition) is 7. The Bertz CT molecular complexity index is 1280. The van der Waals surface area contributed by atoms with Crippen LogP contribution in [0.15, 0.2) is 83.8 Å². The van der Waals surface area contributed by atoms with Gasteiger partial charge in [-0.2, -0.15) is 0 Å². The summed E-state index contributed by atoms with van der Waals surface area (Å²) in [6, 6.07) is 19.1. The highest BCUT2D eigenvalue weighted by molar-refractivity contribution is 7.92. The Hall–Kier alpha value is -4.11. The number of esters is 2. The van der Waals surface area contributed by atoms with E-state index in [0.29, 0.717) is 28.1 Å². The average molecular weight is 482 g/mol. The van der Waals surface area contributed by atoms with Gasteiger partial charge in [-0.15, -0.1) is 0 Å². The van der Waals surface area contributed by atoms with Crippen molar-refractivity contribution in [3.05, 3.63) is 95.6 Å². The van der Waals surface area contributed by atoms with Crippen molar-refractivity contribution in [1.29, 1.82) is 0 Å². The van der Waals surface area contributed by atoms with Crippen LogP contribution in [0, 0.1) is 0 Å². The molecular formula is C25H23NO7S. The van der Waals surface area contributed by atoms with Crippen molar-refractivity contribution < 1.29 is 32.2 Å². The molecule has 0 aromatic heterocycles. The van der Waals surface area contributed by atoms with Crippen molar-refractivity contribution >= 4 is 33.7 Å². The van der Waals surface area contributed by atoms with Crippen molar-refractivity contribution in [1.82, 2.24) is 0 Å². The molecule has 0 spiro atoms. The van der Waals surface area contributed by atoms with E-state index in [9.17, 15) is 18.0 Å². The molecule has 3 rings (SSSR count). The summed E-state index contributed by atoms with van der Waals surface area (Å²) in [6.45, 7) is -0.0117. The van der Waals surface area contributed by atoms with Gasteiger partial charge in [0.1, 0.15) is 12.4 Å². The predicted molar refractivity (Wildman–Crippen MR) is 127 cm³/mol. The number of carbonyl (C=O) groups excluding carboxylic acids is 2. The van der Waals surface area contributed by atoms with Gasteiger partial charge in [0.05, 0.1) is 24.7 Å². The van der Waals surface area contributed by atoms with Crippen LogP contribution < -0.4 is 9.46 Å². The molecule has 0 bridgehead atoms. The van der Waals surface area contributed by atoms with Crippen LogP contribution in [0.5, 0.6) is 5.75 Å². The molecule has 8 nitrogen and oxygen atoms in total. The zero-order chi connectivity index (χ0) is 24.6. The van der Waals surface area contributed by atoms with Crippen LogP contribution in [0.1, 0.15) is 21.5 Å². The zero-order valence-electron chi connectivity index (χ0n) is 18.6. The molecule has 0 fully saturated rings. The highest BCUT2D eigenvalue weighted by Gasteiger charge is 2.14. The van der Waals surface area contributed by atoms with E-state index < -0.39 is 22.0 Å². The average Bonchev–Trinajstić information content (AvgIpc) is 2.86. The zero-order valence-corrected chi connectivity index (χ0v) is 19.4. The number of ether oxygens (including phenoxy) is 3. The molecular weight excluding hydrogens is 458 g/mol. The van der Waals surface area contributed by atoms with E-state index in [1.54, 1.807) is 60.7 Å². The Kier molecular flexibility index (Phi) is 8.05. The number of nitrogens with one attached hydrogen (secondary N) is 1. The number of rotatable bonds is 9. The first-order valence-electron chi connectivity index (χ1n) is 10.1. The number of sulfonamides is 1. The Balaban J connectivity index is 1.57. The van der Waals surface area contributed by atoms with Gasteiger partial charge in [0, 0.05) is 11.8 Å². The Labute approximate surface area is 197 Å². The second-order valence-corrected chi connectivity index (χ2v) is 8.72. The lowest BCUT2D eigenvalue weighted by Gasteiger charge is -2.09. The van der Waals surface area contributed by atoms with E-state index >= 15 is 0 Å². The highest BCUT2D eigenvalue weighted by Crippen LogP contribution is 2.20. The number of carbonyl (C=O) groups is 2.